The van der Waals surface area contributed by atoms with E-state index in [0.717, 1.165) is 11.8 Å². The van der Waals surface area contributed by atoms with Gasteiger partial charge in [-0.3, -0.25) is 4.79 Å². The summed E-state index contributed by atoms with van der Waals surface area (Å²) in [4.78, 5) is 12.6. The summed E-state index contributed by atoms with van der Waals surface area (Å²) in [7, 11) is -3.38. The van der Waals surface area contributed by atoms with Crippen molar-refractivity contribution < 1.29 is 17.7 Å². The molecule has 0 saturated heterocycles. The van der Waals surface area contributed by atoms with E-state index in [4.69, 9.17) is 4.52 Å². The monoisotopic (exact) mass is 356 g/mol. The Hall–Kier alpha value is -2.93. The number of sulfone groups is 1. The fraction of sp³-hybridized carbons (Fsp3) is 0.111. The molecule has 0 aliphatic carbocycles. The van der Waals surface area contributed by atoms with Crippen LogP contribution in [-0.2, 0) is 9.84 Å². The average Bonchev–Trinajstić information content (AvgIpc) is 3.09. The van der Waals surface area contributed by atoms with Crippen LogP contribution >= 0.6 is 0 Å². The van der Waals surface area contributed by atoms with Crippen LogP contribution in [0.2, 0.25) is 0 Å². The number of hydrogen-bond acceptors (Lipinski definition) is 5. The first-order valence-electron chi connectivity index (χ1n) is 7.47. The van der Waals surface area contributed by atoms with E-state index in [1.165, 1.54) is 18.4 Å². The quantitative estimate of drug-likeness (QED) is 0.775. The standard InChI is InChI=1S/C18H16N2O4S/c1-12-3-8-15(25(2,22)23)11-16(12)18(21)19-14-6-4-13(5-7-14)17-9-10-24-20-17/h3-11H,1-2H3,(H,19,21). The Labute approximate surface area is 145 Å². The van der Waals surface area contributed by atoms with Gasteiger partial charge in [0.2, 0.25) is 0 Å². The molecule has 6 nitrogen and oxygen atoms in total. The molecule has 3 rings (SSSR count). The Morgan fingerprint density at radius 3 is 2.40 bits per heavy atom. The second kappa shape index (κ2) is 6.52. The highest BCUT2D eigenvalue weighted by Crippen LogP contribution is 2.21. The summed E-state index contributed by atoms with van der Waals surface area (Å²) < 4.78 is 28.2. The highest BCUT2D eigenvalue weighted by Gasteiger charge is 2.14. The van der Waals surface area contributed by atoms with Crippen molar-refractivity contribution in [2.45, 2.75) is 11.8 Å². The smallest absolute Gasteiger partial charge is 0.255 e. The average molecular weight is 356 g/mol. The molecule has 0 aliphatic rings. The van der Waals surface area contributed by atoms with Crippen LogP contribution in [0.3, 0.4) is 0 Å². The third-order valence-electron chi connectivity index (χ3n) is 3.76. The summed E-state index contributed by atoms with van der Waals surface area (Å²) in [6.45, 7) is 1.76. The zero-order valence-corrected chi connectivity index (χ0v) is 14.5. The van der Waals surface area contributed by atoms with Gasteiger partial charge in [0.25, 0.3) is 5.91 Å². The number of carbonyl (C=O) groups excluding carboxylic acids is 1. The summed E-state index contributed by atoms with van der Waals surface area (Å²) in [5, 5.41) is 6.62. The molecule has 7 heteroatoms. The van der Waals surface area contributed by atoms with Crippen molar-refractivity contribution in [1.29, 1.82) is 0 Å². The summed E-state index contributed by atoms with van der Waals surface area (Å²) in [6, 6.07) is 13.4. The van der Waals surface area contributed by atoms with Gasteiger partial charge in [0, 0.05) is 29.1 Å². The summed E-state index contributed by atoms with van der Waals surface area (Å²) >= 11 is 0. The predicted molar refractivity (Wildman–Crippen MR) is 94.2 cm³/mol. The van der Waals surface area contributed by atoms with Gasteiger partial charge in [0.05, 0.1) is 4.90 Å². The normalized spacial score (nSPS) is 11.3. The zero-order chi connectivity index (χ0) is 18.0. The highest BCUT2D eigenvalue weighted by atomic mass is 32.2. The molecule has 0 atom stereocenters. The number of rotatable bonds is 4. The summed E-state index contributed by atoms with van der Waals surface area (Å²) in [5.74, 6) is -0.364. The number of benzene rings is 2. The SMILES string of the molecule is Cc1ccc(S(C)(=O)=O)cc1C(=O)Nc1ccc(-c2ccon2)cc1. The maximum atomic E-state index is 12.5. The molecule has 0 spiro atoms. The van der Waals surface area contributed by atoms with E-state index in [1.54, 1.807) is 31.2 Å². The van der Waals surface area contributed by atoms with Gasteiger partial charge in [-0.05, 0) is 36.8 Å². The third-order valence-corrected chi connectivity index (χ3v) is 4.87. The van der Waals surface area contributed by atoms with Gasteiger partial charge in [-0.1, -0.05) is 23.4 Å². The molecule has 0 radical (unpaired) electrons. The van der Waals surface area contributed by atoms with E-state index >= 15 is 0 Å². The minimum Gasteiger partial charge on any atom is -0.364 e. The lowest BCUT2D eigenvalue weighted by Gasteiger charge is -2.09. The number of amides is 1. The molecule has 0 bridgehead atoms. The van der Waals surface area contributed by atoms with Crippen molar-refractivity contribution in [3.05, 3.63) is 65.9 Å². The second-order valence-corrected chi connectivity index (χ2v) is 7.68. The fourth-order valence-corrected chi connectivity index (χ4v) is 3.01. The van der Waals surface area contributed by atoms with Crippen LogP contribution in [0.1, 0.15) is 15.9 Å². The lowest BCUT2D eigenvalue weighted by Crippen LogP contribution is -2.14. The molecule has 2 aromatic carbocycles. The Bertz CT molecular complexity index is 1010. The highest BCUT2D eigenvalue weighted by molar-refractivity contribution is 7.90. The Balaban J connectivity index is 1.83. The lowest BCUT2D eigenvalue weighted by atomic mass is 10.1. The van der Waals surface area contributed by atoms with E-state index in [9.17, 15) is 13.2 Å². The minimum atomic E-state index is -3.38. The first kappa shape index (κ1) is 16.9. The molecular weight excluding hydrogens is 340 g/mol. The van der Waals surface area contributed by atoms with Crippen LogP contribution in [0.4, 0.5) is 5.69 Å². The van der Waals surface area contributed by atoms with Crippen LogP contribution < -0.4 is 5.32 Å². The molecule has 1 amide bonds. The number of aryl methyl sites for hydroxylation is 1. The van der Waals surface area contributed by atoms with Crippen LogP contribution in [0, 0.1) is 6.92 Å². The van der Waals surface area contributed by atoms with Crippen molar-refractivity contribution in [2.75, 3.05) is 11.6 Å². The molecule has 0 aliphatic heterocycles. The number of hydrogen-bond donors (Lipinski definition) is 1. The molecule has 1 N–H and O–H groups in total. The van der Waals surface area contributed by atoms with Crippen LogP contribution in [-0.4, -0.2) is 25.7 Å². The van der Waals surface area contributed by atoms with Gasteiger partial charge in [0.15, 0.2) is 9.84 Å². The molecular formula is C18H16N2O4S. The predicted octanol–water partition coefficient (Wildman–Crippen LogP) is 3.31. The van der Waals surface area contributed by atoms with Gasteiger partial charge in [-0.25, -0.2) is 8.42 Å². The van der Waals surface area contributed by atoms with Gasteiger partial charge in [-0.15, -0.1) is 0 Å². The maximum absolute atomic E-state index is 12.5. The maximum Gasteiger partial charge on any atom is 0.255 e. The van der Waals surface area contributed by atoms with Crippen molar-refractivity contribution in [1.82, 2.24) is 5.16 Å². The first-order valence-corrected chi connectivity index (χ1v) is 9.36. The Morgan fingerprint density at radius 2 is 1.80 bits per heavy atom. The topological polar surface area (TPSA) is 89.3 Å². The van der Waals surface area contributed by atoms with Gasteiger partial charge >= 0.3 is 0 Å². The van der Waals surface area contributed by atoms with E-state index in [2.05, 4.69) is 10.5 Å². The van der Waals surface area contributed by atoms with Crippen molar-refractivity contribution in [3.8, 4) is 11.3 Å². The molecule has 128 valence electrons. The molecule has 3 aromatic rings. The minimum absolute atomic E-state index is 0.115. The molecule has 1 heterocycles. The van der Waals surface area contributed by atoms with E-state index in [-0.39, 0.29) is 10.8 Å². The molecule has 0 unspecified atom stereocenters. The van der Waals surface area contributed by atoms with E-state index in [0.29, 0.717) is 22.5 Å². The van der Waals surface area contributed by atoms with Gasteiger partial charge < -0.3 is 9.84 Å². The summed E-state index contributed by atoms with van der Waals surface area (Å²) in [5.41, 5.74) is 3.19. The van der Waals surface area contributed by atoms with E-state index < -0.39 is 9.84 Å². The fourth-order valence-electron chi connectivity index (χ4n) is 2.36. The number of nitrogens with zero attached hydrogens (tertiary/aromatic N) is 1. The zero-order valence-electron chi connectivity index (χ0n) is 13.7. The van der Waals surface area contributed by atoms with Crippen molar-refractivity contribution in [2.24, 2.45) is 0 Å². The largest absolute Gasteiger partial charge is 0.364 e. The molecule has 1 aromatic heterocycles. The number of aromatic nitrogens is 1. The summed E-state index contributed by atoms with van der Waals surface area (Å²) in [6.07, 6.45) is 2.60. The number of anilines is 1. The molecule has 0 saturated carbocycles. The second-order valence-electron chi connectivity index (χ2n) is 5.67. The molecule has 25 heavy (non-hydrogen) atoms. The Kier molecular flexibility index (Phi) is 4.41. The van der Waals surface area contributed by atoms with Crippen molar-refractivity contribution >= 4 is 21.4 Å². The van der Waals surface area contributed by atoms with E-state index in [1.807, 2.05) is 12.1 Å². The number of carbonyl (C=O) groups is 1. The van der Waals surface area contributed by atoms with Crippen LogP contribution in [0.15, 0.2) is 64.2 Å². The van der Waals surface area contributed by atoms with Crippen molar-refractivity contribution in [3.63, 3.8) is 0 Å². The van der Waals surface area contributed by atoms with Crippen LogP contribution in [0.5, 0.6) is 0 Å². The molecule has 0 fully saturated rings. The van der Waals surface area contributed by atoms with Gasteiger partial charge in [0.1, 0.15) is 12.0 Å². The van der Waals surface area contributed by atoms with Gasteiger partial charge in [-0.2, -0.15) is 0 Å². The Morgan fingerprint density at radius 1 is 1.08 bits per heavy atom. The lowest BCUT2D eigenvalue weighted by molar-refractivity contribution is 0.102. The van der Waals surface area contributed by atoms with Crippen LogP contribution in [0.25, 0.3) is 11.3 Å². The first-order chi connectivity index (χ1) is 11.8. The number of nitrogens with one attached hydrogen (secondary N) is 1. The third kappa shape index (κ3) is 3.77.